The van der Waals surface area contributed by atoms with Gasteiger partial charge in [0, 0.05) is 60.4 Å². The topological polar surface area (TPSA) is 209 Å². The van der Waals surface area contributed by atoms with E-state index in [-0.39, 0.29) is 39.1 Å². The molecule has 0 aromatic rings. The smallest absolute Gasteiger partial charge is 0.303 e. The SMILES string of the molecule is CC1=C(CCC(=O)O)C=CC=CN1.CC1=C(CCC(=O)O)C=CC=CN1.CC1=C(CCC(=O)O)C=CC=CN1.CCC(CO)(CO)CO. The van der Waals surface area contributed by atoms with E-state index >= 15 is 0 Å². The lowest BCUT2D eigenvalue weighted by atomic mass is 9.88. The molecule has 9 N–H and O–H groups in total. The van der Waals surface area contributed by atoms with E-state index in [0.29, 0.717) is 25.7 Å². The van der Waals surface area contributed by atoms with Gasteiger partial charge in [-0.1, -0.05) is 43.4 Å². The van der Waals surface area contributed by atoms with Crippen molar-refractivity contribution < 1.29 is 45.0 Å². The third-order valence-electron chi connectivity index (χ3n) is 7.44. The second kappa shape index (κ2) is 25.4. The Balaban J connectivity index is 0.000000620. The minimum Gasteiger partial charge on any atom is -0.481 e. The summed E-state index contributed by atoms with van der Waals surface area (Å²) in [6, 6.07) is 0. The van der Waals surface area contributed by atoms with Gasteiger partial charge in [-0.25, -0.2) is 0 Å². The molecule has 0 aromatic carbocycles. The van der Waals surface area contributed by atoms with Crippen LogP contribution in [0.5, 0.6) is 0 Å². The number of allylic oxidation sites excluding steroid dienone is 15. The lowest BCUT2D eigenvalue weighted by Gasteiger charge is -2.24. The quantitative estimate of drug-likeness (QED) is 0.130. The zero-order valence-electron chi connectivity index (χ0n) is 28.4. The first-order valence-corrected chi connectivity index (χ1v) is 15.7. The van der Waals surface area contributed by atoms with E-state index < -0.39 is 23.3 Å². The molecule has 3 rings (SSSR count). The van der Waals surface area contributed by atoms with E-state index in [1.807, 2.05) is 101 Å². The van der Waals surface area contributed by atoms with Gasteiger partial charge in [0.2, 0.25) is 0 Å². The molecule has 12 heteroatoms. The second-order valence-electron chi connectivity index (χ2n) is 11.0. The molecule has 0 radical (unpaired) electrons. The highest BCUT2D eigenvalue weighted by atomic mass is 16.4. The molecule has 3 aliphatic heterocycles. The van der Waals surface area contributed by atoms with Crippen LogP contribution < -0.4 is 16.0 Å². The molecule has 0 fully saturated rings. The summed E-state index contributed by atoms with van der Waals surface area (Å²) >= 11 is 0. The Morgan fingerprint density at radius 1 is 0.542 bits per heavy atom. The van der Waals surface area contributed by atoms with Gasteiger partial charge in [-0.05, 0) is 81.4 Å². The number of carboxylic acids is 3. The first-order chi connectivity index (χ1) is 22.8. The van der Waals surface area contributed by atoms with Crippen LogP contribution in [0.2, 0.25) is 0 Å². The molecule has 12 nitrogen and oxygen atoms in total. The van der Waals surface area contributed by atoms with Crippen LogP contribution >= 0.6 is 0 Å². The van der Waals surface area contributed by atoms with Crippen LogP contribution in [0.25, 0.3) is 0 Å². The van der Waals surface area contributed by atoms with Gasteiger partial charge in [0.25, 0.3) is 0 Å². The molecule has 48 heavy (non-hydrogen) atoms. The van der Waals surface area contributed by atoms with Crippen LogP contribution in [0, 0.1) is 5.41 Å². The highest BCUT2D eigenvalue weighted by Gasteiger charge is 2.24. The number of aliphatic carboxylic acids is 3. The number of aliphatic hydroxyl groups is 3. The van der Waals surface area contributed by atoms with E-state index in [9.17, 15) is 14.4 Å². The summed E-state index contributed by atoms with van der Waals surface area (Å²) in [6.07, 6.45) is 25.5. The lowest BCUT2D eigenvalue weighted by molar-refractivity contribution is -0.137. The number of carboxylic acid groups (broad SMARTS) is 3. The summed E-state index contributed by atoms with van der Waals surface area (Å²) < 4.78 is 0. The van der Waals surface area contributed by atoms with Gasteiger partial charge >= 0.3 is 17.9 Å². The molecule has 0 spiro atoms. The molecule has 0 aliphatic carbocycles. The summed E-state index contributed by atoms with van der Waals surface area (Å²) in [5.41, 5.74) is 5.54. The summed E-state index contributed by atoms with van der Waals surface area (Å²) in [5, 5.41) is 60.7. The van der Waals surface area contributed by atoms with E-state index in [4.69, 9.17) is 30.6 Å². The zero-order valence-corrected chi connectivity index (χ0v) is 28.4. The average Bonchev–Trinajstić information content (AvgIpc) is 3.50. The fourth-order valence-corrected chi connectivity index (χ4v) is 3.88. The molecule has 0 aromatic heterocycles. The van der Waals surface area contributed by atoms with Gasteiger partial charge in [-0.2, -0.15) is 0 Å². The van der Waals surface area contributed by atoms with Crippen LogP contribution in [0.3, 0.4) is 0 Å². The van der Waals surface area contributed by atoms with E-state index in [2.05, 4.69) is 16.0 Å². The predicted octanol–water partition coefficient (Wildman–Crippen LogP) is 4.75. The van der Waals surface area contributed by atoms with Gasteiger partial charge in [-0.15, -0.1) is 0 Å². The number of nitrogens with one attached hydrogen (secondary N) is 3. The Morgan fingerprint density at radius 2 is 0.812 bits per heavy atom. The lowest BCUT2D eigenvalue weighted by Crippen LogP contribution is -2.32. The third kappa shape index (κ3) is 19.8. The van der Waals surface area contributed by atoms with Gasteiger partial charge in [0.1, 0.15) is 0 Å². The molecule has 266 valence electrons. The Hall–Kier alpha value is -4.65. The number of aliphatic hydroxyl groups excluding tert-OH is 3. The van der Waals surface area contributed by atoms with Crippen molar-refractivity contribution in [3.05, 3.63) is 107 Å². The van der Waals surface area contributed by atoms with Crippen molar-refractivity contribution in [2.45, 2.75) is 72.6 Å². The summed E-state index contributed by atoms with van der Waals surface area (Å²) in [4.78, 5) is 31.1. The molecule has 0 saturated carbocycles. The Labute approximate surface area is 283 Å². The molecule has 0 saturated heterocycles. The molecule has 0 atom stereocenters. The highest BCUT2D eigenvalue weighted by Crippen LogP contribution is 2.18. The predicted molar refractivity (Wildman–Crippen MR) is 187 cm³/mol. The van der Waals surface area contributed by atoms with E-state index in [0.717, 1.165) is 33.8 Å². The summed E-state index contributed by atoms with van der Waals surface area (Å²) in [7, 11) is 0. The minimum atomic E-state index is -0.758. The maximum atomic E-state index is 10.4. The normalized spacial score (nSPS) is 14.8. The Kier molecular flexibility index (Phi) is 23.0. The average molecular weight is 672 g/mol. The number of hydrogen-bond donors (Lipinski definition) is 9. The molecule has 3 aliphatic rings. The first-order valence-electron chi connectivity index (χ1n) is 15.7. The third-order valence-corrected chi connectivity index (χ3v) is 7.44. The number of hydrogen-bond acceptors (Lipinski definition) is 9. The van der Waals surface area contributed by atoms with Gasteiger partial charge in [0.15, 0.2) is 0 Å². The standard InChI is InChI=1S/3C10H13NO2.C6H14O3/c3*1-8-9(5-6-10(12)13)4-2-3-7-11-8;1-2-6(3-7,4-8)5-9/h3*2-4,7,11H,5-6H2,1H3,(H,12,13);7-9H,2-5H2,1H3. The van der Waals surface area contributed by atoms with Crippen LogP contribution in [0.15, 0.2) is 107 Å². The van der Waals surface area contributed by atoms with Gasteiger partial charge in [-0.3, -0.25) is 14.4 Å². The van der Waals surface area contributed by atoms with Crippen molar-refractivity contribution in [3.63, 3.8) is 0 Å². The van der Waals surface area contributed by atoms with Crippen molar-refractivity contribution >= 4 is 17.9 Å². The van der Waals surface area contributed by atoms with Crippen LogP contribution in [0.1, 0.15) is 72.6 Å². The zero-order chi connectivity index (χ0) is 36.4. The highest BCUT2D eigenvalue weighted by molar-refractivity contribution is 5.68. The van der Waals surface area contributed by atoms with Crippen LogP contribution in [0.4, 0.5) is 0 Å². The fourth-order valence-electron chi connectivity index (χ4n) is 3.88. The van der Waals surface area contributed by atoms with E-state index in [1.165, 1.54) is 0 Å². The largest absolute Gasteiger partial charge is 0.481 e. The minimum absolute atomic E-state index is 0.156. The van der Waals surface area contributed by atoms with Crippen molar-refractivity contribution in [1.82, 2.24) is 16.0 Å². The Bertz CT molecular complexity index is 1150. The second-order valence-corrected chi connectivity index (χ2v) is 11.0. The summed E-state index contributed by atoms with van der Waals surface area (Å²) in [5.74, 6) is -2.28. The molecular formula is C36H53N3O9. The van der Waals surface area contributed by atoms with E-state index in [1.54, 1.807) is 0 Å². The number of carbonyl (C=O) groups is 3. The van der Waals surface area contributed by atoms with Crippen molar-refractivity contribution in [2.75, 3.05) is 19.8 Å². The molecule has 0 bridgehead atoms. The van der Waals surface area contributed by atoms with Crippen molar-refractivity contribution in [1.29, 1.82) is 0 Å². The summed E-state index contributed by atoms with van der Waals surface area (Å²) in [6.45, 7) is 7.18. The van der Waals surface area contributed by atoms with Crippen molar-refractivity contribution in [2.24, 2.45) is 5.41 Å². The van der Waals surface area contributed by atoms with Crippen LogP contribution in [-0.4, -0.2) is 68.4 Å². The maximum absolute atomic E-state index is 10.4. The molecular weight excluding hydrogens is 618 g/mol. The van der Waals surface area contributed by atoms with Crippen molar-refractivity contribution in [3.8, 4) is 0 Å². The van der Waals surface area contributed by atoms with Gasteiger partial charge in [0.05, 0.1) is 19.8 Å². The van der Waals surface area contributed by atoms with Gasteiger partial charge < -0.3 is 46.6 Å². The Morgan fingerprint density at radius 3 is 1.00 bits per heavy atom. The molecule has 0 amide bonds. The number of rotatable bonds is 13. The molecule has 3 heterocycles. The maximum Gasteiger partial charge on any atom is 0.303 e. The fraction of sp³-hybridized carbons (Fsp3) is 0.417. The molecule has 0 unspecified atom stereocenters. The van der Waals surface area contributed by atoms with Crippen LogP contribution in [-0.2, 0) is 14.4 Å². The monoisotopic (exact) mass is 671 g/mol. The first kappa shape index (κ1) is 43.4.